The van der Waals surface area contributed by atoms with E-state index < -0.39 is 4.92 Å². The van der Waals surface area contributed by atoms with Crippen LogP contribution in [0.5, 0.6) is 0 Å². The maximum atomic E-state index is 10.9. The van der Waals surface area contributed by atoms with Crippen molar-refractivity contribution < 1.29 is 4.92 Å². The van der Waals surface area contributed by atoms with Crippen LogP contribution in [-0.4, -0.2) is 16.5 Å². The molecule has 94 valence electrons. The average Bonchev–Trinajstić information content (AvgIpc) is 2.43. The van der Waals surface area contributed by atoms with Crippen LogP contribution in [0.25, 0.3) is 27.4 Å². The summed E-state index contributed by atoms with van der Waals surface area (Å²) in [4.78, 5) is 17.3. The van der Waals surface area contributed by atoms with Crippen molar-refractivity contribution in [3.05, 3.63) is 62.7 Å². The third-order valence-electron chi connectivity index (χ3n) is 2.52. The smallest absolute Gasteiger partial charge is 0.258 e. The number of pyridine rings is 1. The van der Waals surface area contributed by atoms with Gasteiger partial charge < -0.3 is 0 Å². The molecule has 0 amide bonds. The fraction of sp³-hybridized carbons (Fsp3) is 0.0833. The summed E-state index contributed by atoms with van der Waals surface area (Å²) >= 11 is 0. The molecule has 19 heavy (non-hydrogen) atoms. The topological polar surface area (TPSA) is 105 Å². The molecule has 0 saturated carbocycles. The fourth-order valence-corrected chi connectivity index (χ4v) is 1.74. The Labute approximate surface area is 108 Å². The number of rotatable bonds is 4. The zero-order chi connectivity index (χ0) is 13.7. The van der Waals surface area contributed by atoms with E-state index in [9.17, 15) is 10.1 Å². The van der Waals surface area contributed by atoms with Gasteiger partial charge in [-0.1, -0.05) is 17.3 Å². The molecule has 0 aliphatic heterocycles. The molecule has 0 saturated heterocycles. The lowest BCUT2D eigenvalue weighted by Crippen LogP contribution is -1.92. The summed E-state index contributed by atoms with van der Waals surface area (Å²) in [6.07, 6.45) is 4.99. The predicted molar refractivity (Wildman–Crippen MR) is 71.4 cm³/mol. The van der Waals surface area contributed by atoms with Gasteiger partial charge in [-0.05, 0) is 23.7 Å². The zero-order valence-electron chi connectivity index (χ0n) is 9.80. The zero-order valence-corrected chi connectivity index (χ0v) is 9.80. The van der Waals surface area contributed by atoms with Crippen LogP contribution in [0.4, 0.5) is 5.69 Å². The number of non-ortho nitro benzene ring substituents is 1. The molecule has 2 aromatic rings. The summed E-state index contributed by atoms with van der Waals surface area (Å²) in [7, 11) is 0. The highest BCUT2D eigenvalue weighted by Crippen LogP contribution is 2.27. The SMILES string of the molecule is [N-]=[N+]=NCC=Cc1ccc([N+](=O)[O-])c2cccnc12. The Morgan fingerprint density at radius 2 is 2.32 bits per heavy atom. The van der Waals surface area contributed by atoms with E-state index in [0.29, 0.717) is 10.9 Å². The number of nitrogens with zero attached hydrogens (tertiary/aromatic N) is 5. The Morgan fingerprint density at radius 3 is 3.05 bits per heavy atom. The Hall–Kier alpha value is -2.92. The second-order valence-corrected chi connectivity index (χ2v) is 3.65. The van der Waals surface area contributed by atoms with E-state index in [0.717, 1.165) is 5.56 Å². The molecule has 0 aliphatic rings. The van der Waals surface area contributed by atoms with Gasteiger partial charge in [-0.25, -0.2) is 0 Å². The third-order valence-corrected chi connectivity index (χ3v) is 2.52. The Kier molecular flexibility index (Phi) is 3.70. The van der Waals surface area contributed by atoms with E-state index >= 15 is 0 Å². The highest BCUT2D eigenvalue weighted by Gasteiger charge is 2.13. The van der Waals surface area contributed by atoms with Crippen molar-refractivity contribution in [2.75, 3.05) is 6.54 Å². The number of benzene rings is 1. The Morgan fingerprint density at radius 1 is 1.47 bits per heavy atom. The van der Waals surface area contributed by atoms with Gasteiger partial charge in [0.05, 0.1) is 15.8 Å². The van der Waals surface area contributed by atoms with Crippen LogP contribution in [-0.2, 0) is 0 Å². The highest BCUT2D eigenvalue weighted by molar-refractivity contribution is 5.93. The van der Waals surface area contributed by atoms with Gasteiger partial charge in [-0.15, -0.1) is 0 Å². The first-order valence-corrected chi connectivity index (χ1v) is 5.43. The summed E-state index contributed by atoms with van der Waals surface area (Å²) in [6, 6.07) is 6.38. The molecule has 7 heteroatoms. The molecule has 2 rings (SSSR count). The van der Waals surface area contributed by atoms with E-state index in [2.05, 4.69) is 15.0 Å². The summed E-state index contributed by atoms with van der Waals surface area (Å²) in [5, 5.41) is 14.8. The first-order valence-electron chi connectivity index (χ1n) is 5.43. The number of hydrogen-bond acceptors (Lipinski definition) is 4. The van der Waals surface area contributed by atoms with Gasteiger partial charge in [-0.2, -0.15) is 0 Å². The standard InChI is InChI=1S/C12H9N5O2/c13-16-15-8-1-3-9-5-6-11(17(18)19)10-4-2-7-14-12(9)10/h1-7H,8H2. The van der Waals surface area contributed by atoms with Crippen molar-refractivity contribution in [3.63, 3.8) is 0 Å². The molecule has 0 atom stereocenters. The van der Waals surface area contributed by atoms with Crippen molar-refractivity contribution in [1.82, 2.24) is 4.98 Å². The first-order chi connectivity index (χ1) is 9.24. The monoisotopic (exact) mass is 255 g/mol. The number of nitro groups is 1. The fourth-order valence-electron chi connectivity index (χ4n) is 1.74. The molecular formula is C12H9N5O2. The normalized spacial score (nSPS) is 10.5. The largest absolute Gasteiger partial charge is 0.278 e. The van der Waals surface area contributed by atoms with E-state index in [1.54, 1.807) is 36.5 Å². The Bertz CT molecular complexity index is 704. The van der Waals surface area contributed by atoms with Crippen LogP contribution >= 0.6 is 0 Å². The summed E-state index contributed by atoms with van der Waals surface area (Å²) in [5.74, 6) is 0. The first kappa shape index (κ1) is 12.5. The third kappa shape index (κ3) is 2.67. The van der Waals surface area contributed by atoms with Crippen LogP contribution in [0, 0.1) is 10.1 Å². The number of aromatic nitrogens is 1. The molecule has 0 fully saturated rings. The van der Waals surface area contributed by atoms with Crippen molar-refractivity contribution in [1.29, 1.82) is 0 Å². The lowest BCUT2D eigenvalue weighted by molar-refractivity contribution is -0.383. The lowest BCUT2D eigenvalue weighted by Gasteiger charge is -2.02. The van der Waals surface area contributed by atoms with Crippen molar-refractivity contribution in [2.24, 2.45) is 5.11 Å². The second-order valence-electron chi connectivity index (χ2n) is 3.65. The maximum Gasteiger partial charge on any atom is 0.278 e. The van der Waals surface area contributed by atoms with E-state index in [1.165, 1.54) is 6.07 Å². The van der Waals surface area contributed by atoms with Gasteiger partial charge in [0.2, 0.25) is 0 Å². The van der Waals surface area contributed by atoms with Crippen molar-refractivity contribution >= 4 is 22.7 Å². The molecule has 0 aliphatic carbocycles. The number of hydrogen-bond donors (Lipinski definition) is 0. The van der Waals surface area contributed by atoms with Gasteiger partial charge in [0, 0.05) is 29.3 Å². The summed E-state index contributed by atoms with van der Waals surface area (Å²) < 4.78 is 0. The average molecular weight is 255 g/mol. The molecule has 0 N–H and O–H groups in total. The number of fused-ring (bicyclic) bond motifs is 1. The van der Waals surface area contributed by atoms with Gasteiger partial charge in [0.25, 0.3) is 5.69 Å². The summed E-state index contributed by atoms with van der Waals surface area (Å²) in [6.45, 7) is 0.224. The molecule has 7 nitrogen and oxygen atoms in total. The quantitative estimate of drug-likeness (QED) is 0.274. The molecule has 0 unspecified atom stereocenters. The Balaban J connectivity index is 2.52. The van der Waals surface area contributed by atoms with Gasteiger partial charge in [0.15, 0.2) is 0 Å². The molecule has 1 aromatic heterocycles. The molecule has 0 radical (unpaired) electrons. The minimum atomic E-state index is -0.433. The summed E-state index contributed by atoms with van der Waals surface area (Å²) in [5.41, 5.74) is 9.49. The van der Waals surface area contributed by atoms with E-state index in [-0.39, 0.29) is 12.2 Å². The molecule has 1 aromatic carbocycles. The van der Waals surface area contributed by atoms with Crippen molar-refractivity contribution in [2.45, 2.75) is 0 Å². The molecule has 1 heterocycles. The van der Waals surface area contributed by atoms with Gasteiger partial charge in [-0.3, -0.25) is 15.1 Å². The van der Waals surface area contributed by atoms with Crippen LogP contribution < -0.4 is 0 Å². The molecular weight excluding hydrogens is 246 g/mol. The second kappa shape index (κ2) is 5.61. The van der Waals surface area contributed by atoms with E-state index in [4.69, 9.17) is 5.53 Å². The minimum Gasteiger partial charge on any atom is -0.258 e. The van der Waals surface area contributed by atoms with Gasteiger partial charge >= 0.3 is 0 Å². The molecule has 0 spiro atoms. The van der Waals surface area contributed by atoms with Crippen LogP contribution in [0.2, 0.25) is 0 Å². The molecule has 0 bridgehead atoms. The predicted octanol–water partition coefficient (Wildman–Crippen LogP) is 3.47. The highest BCUT2D eigenvalue weighted by atomic mass is 16.6. The van der Waals surface area contributed by atoms with Crippen LogP contribution in [0.1, 0.15) is 5.56 Å². The number of azide groups is 1. The van der Waals surface area contributed by atoms with Crippen molar-refractivity contribution in [3.8, 4) is 0 Å². The van der Waals surface area contributed by atoms with Crippen LogP contribution in [0.15, 0.2) is 41.7 Å². The number of nitro benzene ring substituents is 1. The maximum absolute atomic E-state index is 10.9. The lowest BCUT2D eigenvalue weighted by atomic mass is 10.1. The minimum absolute atomic E-state index is 0.0234. The van der Waals surface area contributed by atoms with Gasteiger partial charge in [0.1, 0.15) is 0 Å². The van der Waals surface area contributed by atoms with E-state index in [1.807, 2.05) is 0 Å². The van der Waals surface area contributed by atoms with Crippen LogP contribution in [0.3, 0.4) is 0 Å².